The molecule has 0 N–H and O–H groups in total. The van der Waals surface area contributed by atoms with Gasteiger partial charge in [0.05, 0.1) is 0 Å². The minimum Gasteiger partial charge on any atom is -0.0776 e. The Morgan fingerprint density at radius 3 is 0.750 bits per heavy atom. The molecule has 12 aromatic carbocycles. The van der Waals surface area contributed by atoms with Crippen molar-refractivity contribution in [2.45, 2.75) is 14.9 Å². The Morgan fingerprint density at radius 1 is 0.161 bits per heavy atom. The summed E-state index contributed by atoms with van der Waals surface area (Å²) in [6.45, 7) is 0. The molecule has 0 aliphatic rings. The second-order valence-electron chi connectivity index (χ2n) is 14.8. The molecule has 0 saturated heterocycles. The van der Waals surface area contributed by atoms with E-state index in [0.29, 0.717) is 0 Å². The Hall–Kier alpha value is -7.02. The lowest BCUT2D eigenvalue weighted by Crippen LogP contribution is -1.95. The molecule has 0 fully saturated rings. The molecule has 0 nitrogen and oxygen atoms in total. The van der Waals surface area contributed by atoms with Gasteiger partial charge in [-0.05, 0) is 168 Å². The SMILES string of the molecule is C.C.c1ccc2cc3c(-c4c5ccccc5c(-c5c6ccccc6cc6cc7ccccc7cc56)c5cc6ccccc6cc45)c4ccccc4cc3cc2c1. The smallest absolute Gasteiger partial charge is 0.00137 e. The van der Waals surface area contributed by atoms with Crippen LogP contribution in [0.15, 0.2) is 194 Å². The highest BCUT2D eigenvalue weighted by Crippen LogP contribution is 2.51. The first-order valence-corrected chi connectivity index (χ1v) is 18.8. The van der Waals surface area contributed by atoms with Crippen molar-refractivity contribution in [2.24, 2.45) is 0 Å². The van der Waals surface area contributed by atoms with Crippen molar-refractivity contribution in [3.8, 4) is 22.3 Å². The summed E-state index contributed by atoms with van der Waals surface area (Å²) in [6.07, 6.45) is 0. The quantitative estimate of drug-likeness (QED) is 0.157. The summed E-state index contributed by atoms with van der Waals surface area (Å²) < 4.78 is 0. The Bertz CT molecular complexity index is 3300. The average molecular weight is 713 g/mol. The van der Waals surface area contributed by atoms with E-state index in [2.05, 4.69) is 194 Å². The largest absolute Gasteiger partial charge is 0.0776 e. The standard InChI is InChI=1S/C54H32.2CH4/c1-3-15-35-29-47-41(25-33(35)13-1)27-39-19-7-9-21-43(39)51(47)53-45-23-11-12-24-46(45)54(50-32-38-18-6-5-17-37(38)31-49(50)53)52-44-22-10-8-20-40(44)28-42-26-34-14-2-4-16-36(34)30-48(42)52;;/h1-32H;2*1H4. The van der Waals surface area contributed by atoms with Crippen LogP contribution < -0.4 is 0 Å². The highest BCUT2D eigenvalue weighted by atomic mass is 14.3. The predicted molar refractivity (Wildman–Crippen MR) is 248 cm³/mol. The first-order chi connectivity index (χ1) is 26.8. The van der Waals surface area contributed by atoms with Crippen LogP contribution in [-0.2, 0) is 0 Å². The highest BCUT2D eigenvalue weighted by molar-refractivity contribution is 6.32. The van der Waals surface area contributed by atoms with Gasteiger partial charge < -0.3 is 0 Å². The maximum Gasteiger partial charge on any atom is -0.00137 e. The van der Waals surface area contributed by atoms with Crippen molar-refractivity contribution in [1.29, 1.82) is 0 Å². The normalized spacial score (nSPS) is 11.6. The Kier molecular flexibility index (Phi) is 7.66. The Labute approximate surface area is 326 Å². The van der Waals surface area contributed by atoms with E-state index in [1.807, 2.05) is 0 Å². The maximum absolute atomic E-state index is 2.47. The lowest BCUT2D eigenvalue weighted by molar-refractivity contribution is 1.72. The third kappa shape index (κ3) is 4.86. The minimum atomic E-state index is 0. The molecule has 12 aromatic rings. The Balaban J connectivity index is 0.00000192. The monoisotopic (exact) mass is 712 g/mol. The summed E-state index contributed by atoms with van der Waals surface area (Å²) >= 11 is 0. The van der Waals surface area contributed by atoms with Crippen LogP contribution in [0, 0.1) is 0 Å². The van der Waals surface area contributed by atoms with E-state index >= 15 is 0 Å². The second-order valence-corrected chi connectivity index (χ2v) is 14.8. The summed E-state index contributed by atoms with van der Waals surface area (Å²) in [5, 5.41) is 22.7. The fourth-order valence-corrected chi connectivity index (χ4v) is 9.45. The third-order valence-electron chi connectivity index (χ3n) is 11.8. The van der Waals surface area contributed by atoms with Crippen molar-refractivity contribution in [2.75, 3.05) is 0 Å². The van der Waals surface area contributed by atoms with Crippen LogP contribution in [-0.4, -0.2) is 0 Å². The summed E-state index contributed by atoms with van der Waals surface area (Å²) in [7, 11) is 0. The van der Waals surface area contributed by atoms with Crippen molar-refractivity contribution < 1.29 is 0 Å². The molecule has 12 rings (SSSR count). The van der Waals surface area contributed by atoms with Gasteiger partial charge in [-0.2, -0.15) is 0 Å². The number of hydrogen-bond donors (Lipinski definition) is 0. The molecule has 0 radical (unpaired) electrons. The van der Waals surface area contributed by atoms with Crippen LogP contribution in [0.2, 0.25) is 0 Å². The predicted octanol–water partition coefficient (Wildman–Crippen LogP) is 16.7. The second kappa shape index (κ2) is 12.8. The molecule has 0 aliphatic heterocycles. The van der Waals surface area contributed by atoms with E-state index in [-0.39, 0.29) is 14.9 Å². The third-order valence-corrected chi connectivity index (χ3v) is 11.8. The van der Waals surface area contributed by atoms with E-state index in [4.69, 9.17) is 0 Å². The molecular weight excluding hydrogens is 673 g/mol. The maximum atomic E-state index is 2.47. The molecule has 0 bridgehead atoms. The molecule has 0 atom stereocenters. The zero-order chi connectivity index (χ0) is 35.3. The van der Waals surface area contributed by atoms with Crippen LogP contribution in [0.25, 0.3) is 119 Å². The zero-order valence-electron chi connectivity index (χ0n) is 29.5. The summed E-state index contributed by atoms with van der Waals surface area (Å²) in [4.78, 5) is 0. The van der Waals surface area contributed by atoms with Gasteiger partial charge in [-0.25, -0.2) is 0 Å². The topological polar surface area (TPSA) is 0 Å². The van der Waals surface area contributed by atoms with Crippen molar-refractivity contribution >= 4 is 97.0 Å². The minimum absolute atomic E-state index is 0. The molecular formula is C56H40. The fourth-order valence-electron chi connectivity index (χ4n) is 9.45. The molecule has 56 heavy (non-hydrogen) atoms. The van der Waals surface area contributed by atoms with E-state index in [9.17, 15) is 0 Å². The first-order valence-electron chi connectivity index (χ1n) is 18.8. The lowest BCUT2D eigenvalue weighted by Gasteiger charge is -2.23. The van der Waals surface area contributed by atoms with Gasteiger partial charge in [0.25, 0.3) is 0 Å². The first kappa shape index (κ1) is 33.5. The number of hydrogen-bond acceptors (Lipinski definition) is 0. The van der Waals surface area contributed by atoms with Gasteiger partial charge in [-0.15, -0.1) is 0 Å². The van der Waals surface area contributed by atoms with Crippen molar-refractivity contribution in [1.82, 2.24) is 0 Å². The van der Waals surface area contributed by atoms with Crippen LogP contribution in [0.4, 0.5) is 0 Å². The van der Waals surface area contributed by atoms with Gasteiger partial charge in [0.2, 0.25) is 0 Å². The highest BCUT2D eigenvalue weighted by Gasteiger charge is 2.23. The Morgan fingerprint density at radius 2 is 0.393 bits per heavy atom. The van der Waals surface area contributed by atoms with Gasteiger partial charge in [-0.3, -0.25) is 0 Å². The van der Waals surface area contributed by atoms with Crippen LogP contribution >= 0.6 is 0 Å². The number of rotatable bonds is 2. The average Bonchev–Trinajstić information content (AvgIpc) is 3.22. The summed E-state index contributed by atoms with van der Waals surface area (Å²) in [5.74, 6) is 0. The molecule has 0 spiro atoms. The van der Waals surface area contributed by atoms with Gasteiger partial charge in [-0.1, -0.05) is 160 Å². The fraction of sp³-hybridized carbons (Fsp3) is 0.0357. The number of fused-ring (bicyclic) bond motifs is 9. The van der Waals surface area contributed by atoms with E-state index in [0.717, 1.165) is 0 Å². The molecule has 264 valence electrons. The molecule has 0 unspecified atom stereocenters. The molecule has 0 heterocycles. The molecule has 0 heteroatoms. The lowest BCUT2D eigenvalue weighted by atomic mass is 9.80. The number of benzene rings is 12. The van der Waals surface area contributed by atoms with Gasteiger partial charge in [0.15, 0.2) is 0 Å². The summed E-state index contributed by atoms with van der Waals surface area (Å²) in [5.41, 5.74) is 5.18. The molecule has 0 amide bonds. The van der Waals surface area contributed by atoms with E-state index < -0.39 is 0 Å². The molecule has 0 aromatic heterocycles. The van der Waals surface area contributed by atoms with Crippen molar-refractivity contribution in [3.63, 3.8) is 0 Å². The molecule has 0 aliphatic carbocycles. The van der Waals surface area contributed by atoms with E-state index in [1.165, 1.54) is 119 Å². The van der Waals surface area contributed by atoms with Gasteiger partial charge in [0, 0.05) is 0 Å². The zero-order valence-corrected chi connectivity index (χ0v) is 29.5. The van der Waals surface area contributed by atoms with Gasteiger partial charge >= 0.3 is 0 Å². The van der Waals surface area contributed by atoms with Gasteiger partial charge in [0.1, 0.15) is 0 Å². The van der Waals surface area contributed by atoms with Crippen LogP contribution in [0.1, 0.15) is 14.9 Å². The summed E-state index contributed by atoms with van der Waals surface area (Å²) in [6, 6.07) is 72.7. The molecule has 0 saturated carbocycles. The van der Waals surface area contributed by atoms with E-state index in [1.54, 1.807) is 0 Å². The van der Waals surface area contributed by atoms with Crippen LogP contribution in [0.5, 0.6) is 0 Å². The van der Waals surface area contributed by atoms with Crippen molar-refractivity contribution in [3.05, 3.63) is 194 Å². The van der Waals surface area contributed by atoms with Crippen LogP contribution in [0.3, 0.4) is 0 Å².